The highest BCUT2D eigenvalue weighted by Crippen LogP contribution is 2.26. The van der Waals surface area contributed by atoms with Gasteiger partial charge in [0.05, 0.1) is 11.6 Å². The van der Waals surface area contributed by atoms with E-state index >= 15 is 0 Å². The molecule has 4 nitrogen and oxygen atoms in total. The highest BCUT2D eigenvalue weighted by atomic mass is 19.1. The van der Waals surface area contributed by atoms with Crippen LogP contribution in [0.4, 0.5) is 8.78 Å². The van der Waals surface area contributed by atoms with E-state index < -0.39 is 11.8 Å². The number of rotatable bonds is 0. The van der Waals surface area contributed by atoms with Crippen LogP contribution in [-0.4, -0.2) is 19.7 Å². The molecule has 3 rings (SSSR count). The Morgan fingerprint density at radius 1 is 1.33 bits per heavy atom. The molecule has 0 aliphatic carbocycles. The van der Waals surface area contributed by atoms with Gasteiger partial charge < -0.3 is 0 Å². The van der Waals surface area contributed by atoms with Gasteiger partial charge in [-0.25, -0.2) is 4.39 Å². The fraction of sp³-hybridized carbons (Fsp3) is 0.111. The molecule has 0 amide bonds. The second kappa shape index (κ2) is 2.53. The average molecular weight is 208 g/mol. The number of aromatic nitrogens is 4. The molecule has 3 aromatic heterocycles. The smallest absolute Gasteiger partial charge is 0.226 e. The highest BCUT2D eigenvalue weighted by Gasteiger charge is 2.16. The van der Waals surface area contributed by atoms with Crippen molar-refractivity contribution in [1.82, 2.24) is 19.7 Å². The van der Waals surface area contributed by atoms with Gasteiger partial charge in [-0.2, -0.15) is 9.37 Å². The molecule has 15 heavy (non-hydrogen) atoms. The van der Waals surface area contributed by atoms with Gasteiger partial charge in [0.1, 0.15) is 5.52 Å². The van der Waals surface area contributed by atoms with Gasteiger partial charge >= 0.3 is 0 Å². The molecule has 0 aromatic carbocycles. The lowest BCUT2D eigenvalue weighted by Gasteiger charge is -2.13. The van der Waals surface area contributed by atoms with E-state index in [0.29, 0.717) is 16.6 Å². The summed E-state index contributed by atoms with van der Waals surface area (Å²) in [5.74, 6) is -1.51. The Hall–Kier alpha value is -1.98. The summed E-state index contributed by atoms with van der Waals surface area (Å²) >= 11 is 0. The lowest BCUT2D eigenvalue weighted by Crippen LogP contribution is -2.09. The number of H-pyrrole nitrogens is 1. The van der Waals surface area contributed by atoms with E-state index in [2.05, 4.69) is 15.1 Å². The number of nitrogens with one attached hydrogen (secondary N) is 1. The Kier molecular flexibility index (Phi) is 1.41. The summed E-state index contributed by atoms with van der Waals surface area (Å²) in [5, 5.41) is 3.09. The van der Waals surface area contributed by atoms with Crippen molar-refractivity contribution in [1.29, 1.82) is 0 Å². The summed E-state index contributed by atoms with van der Waals surface area (Å²) in [5.41, 5.74) is 1.08. The van der Waals surface area contributed by atoms with Crippen molar-refractivity contribution in [3.05, 3.63) is 24.2 Å². The first kappa shape index (κ1) is 8.34. The minimum atomic E-state index is -0.816. The number of aromatic amines is 1. The molecule has 0 saturated carbocycles. The van der Waals surface area contributed by atoms with E-state index in [0.717, 1.165) is 6.20 Å². The van der Waals surface area contributed by atoms with E-state index in [9.17, 15) is 8.78 Å². The number of fused-ring (bicyclic) bond motifs is 3. The van der Waals surface area contributed by atoms with Crippen LogP contribution in [0.25, 0.3) is 21.9 Å². The molecular weight excluding hydrogens is 202 g/mol. The summed E-state index contributed by atoms with van der Waals surface area (Å²) in [7, 11) is 1.74. The van der Waals surface area contributed by atoms with Crippen molar-refractivity contribution < 1.29 is 8.78 Å². The number of hydrogen-bond acceptors (Lipinski definition) is 2. The van der Waals surface area contributed by atoms with Gasteiger partial charge in [-0.05, 0) is 0 Å². The molecule has 3 aromatic rings. The minimum Gasteiger partial charge on any atom is -0.285 e. The van der Waals surface area contributed by atoms with Crippen LogP contribution in [-0.2, 0) is 7.05 Å². The molecule has 6 heteroatoms. The van der Waals surface area contributed by atoms with Crippen molar-refractivity contribution in [3.63, 3.8) is 0 Å². The maximum atomic E-state index is 13.4. The zero-order chi connectivity index (χ0) is 10.6. The molecule has 76 valence electrons. The average Bonchev–Trinajstić information content (AvgIpc) is 2.15. The van der Waals surface area contributed by atoms with Crippen LogP contribution in [0.15, 0.2) is 12.4 Å². The Morgan fingerprint density at radius 3 is 2.87 bits per heavy atom. The molecule has 3 heterocycles. The fourth-order valence-corrected chi connectivity index (χ4v) is 1.74. The van der Waals surface area contributed by atoms with Crippen LogP contribution >= 0.6 is 0 Å². The second-order valence-electron chi connectivity index (χ2n) is 3.31. The van der Waals surface area contributed by atoms with E-state index in [1.54, 1.807) is 11.7 Å². The summed E-state index contributed by atoms with van der Waals surface area (Å²) in [6.07, 6.45) is 2.41. The van der Waals surface area contributed by atoms with E-state index in [1.165, 1.54) is 6.20 Å². The molecule has 1 N–H and O–H groups in total. The summed E-state index contributed by atoms with van der Waals surface area (Å²) in [6.45, 7) is 0. The topological polar surface area (TPSA) is 46.5 Å². The lowest BCUT2D eigenvalue weighted by molar-refractivity contribution is 0.576. The molecule has 0 radical (unpaired) electrons. The van der Waals surface area contributed by atoms with Crippen LogP contribution in [0, 0.1) is 11.8 Å². The first-order valence-corrected chi connectivity index (χ1v) is 4.31. The van der Waals surface area contributed by atoms with Crippen LogP contribution < -0.4 is 0 Å². The van der Waals surface area contributed by atoms with Crippen LogP contribution in [0.5, 0.6) is 0 Å². The van der Waals surface area contributed by atoms with Crippen molar-refractivity contribution in [2.24, 2.45) is 7.05 Å². The van der Waals surface area contributed by atoms with Gasteiger partial charge in [-0.1, -0.05) is 0 Å². The predicted octanol–water partition coefficient (Wildman–Crippen LogP) is 1.73. The SMILES string of the molecule is Cn1[nH]c2nc(F)c3c(F)cncc3c21. The quantitative estimate of drug-likeness (QED) is 0.572. The van der Waals surface area contributed by atoms with Crippen molar-refractivity contribution in [2.75, 3.05) is 0 Å². The van der Waals surface area contributed by atoms with Gasteiger partial charge in [-0.3, -0.25) is 14.8 Å². The van der Waals surface area contributed by atoms with E-state index in [1.807, 2.05) is 0 Å². The maximum Gasteiger partial charge on any atom is 0.226 e. The van der Waals surface area contributed by atoms with Gasteiger partial charge in [0.15, 0.2) is 11.5 Å². The summed E-state index contributed by atoms with van der Waals surface area (Å²) in [4.78, 5) is 7.31. The minimum absolute atomic E-state index is 0.114. The molecular formula is C9H6F2N4. The molecule has 0 unspecified atom stereocenters. The normalized spacial score (nSPS) is 11.7. The number of hydrogen-bond donors (Lipinski definition) is 1. The van der Waals surface area contributed by atoms with E-state index in [-0.39, 0.29) is 5.39 Å². The molecule has 0 spiro atoms. The molecule has 0 saturated heterocycles. The van der Waals surface area contributed by atoms with Gasteiger partial charge in [-0.15, -0.1) is 0 Å². The molecule has 0 bridgehead atoms. The van der Waals surface area contributed by atoms with Gasteiger partial charge in [0.25, 0.3) is 0 Å². The van der Waals surface area contributed by atoms with Crippen LogP contribution in [0.1, 0.15) is 0 Å². The number of halogens is 2. The van der Waals surface area contributed by atoms with Crippen molar-refractivity contribution >= 4 is 21.9 Å². The number of aryl methyl sites for hydroxylation is 1. The predicted molar refractivity (Wildman–Crippen MR) is 50.3 cm³/mol. The third-order valence-electron chi connectivity index (χ3n) is 2.40. The zero-order valence-corrected chi connectivity index (χ0v) is 7.75. The molecule has 0 aliphatic heterocycles. The lowest BCUT2D eigenvalue weighted by atomic mass is 10.2. The first-order valence-electron chi connectivity index (χ1n) is 4.31. The first-order chi connectivity index (χ1) is 7.18. The highest BCUT2D eigenvalue weighted by molar-refractivity contribution is 6.02. The monoisotopic (exact) mass is 208 g/mol. The van der Waals surface area contributed by atoms with Crippen molar-refractivity contribution in [2.45, 2.75) is 0 Å². The Morgan fingerprint density at radius 2 is 2.13 bits per heavy atom. The fourth-order valence-electron chi connectivity index (χ4n) is 1.74. The Balaban J connectivity index is 2.63. The third kappa shape index (κ3) is 0.930. The standard InChI is InChI=1S/C9H6F2N4/c1-15-7-4-2-12-3-5(10)6(4)8(11)13-9(7)14-15/h2-3H,1H3,(H,13,14). The molecule has 0 fully saturated rings. The molecule has 0 atom stereocenters. The Labute approximate surface area is 82.5 Å². The van der Waals surface area contributed by atoms with Crippen molar-refractivity contribution in [3.8, 4) is 0 Å². The van der Waals surface area contributed by atoms with Gasteiger partial charge in [0, 0.05) is 18.6 Å². The number of nitrogens with zero attached hydrogens (tertiary/aromatic N) is 3. The summed E-state index contributed by atoms with van der Waals surface area (Å²) < 4.78 is 28.4. The largest absolute Gasteiger partial charge is 0.285 e. The van der Waals surface area contributed by atoms with Crippen LogP contribution in [0.3, 0.4) is 0 Å². The summed E-state index contributed by atoms with van der Waals surface area (Å²) in [6, 6.07) is 0. The second-order valence-corrected chi connectivity index (χ2v) is 3.31. The maximum absolute atomic E-state index is 13.4. The zero-order valence-electron chi connectivity index (χ0n) is 7.75. The van der Waals surface area contributed by atoms with Gasteiger partial charge in [0.2, 0.25) is 5.95 Å². The van der Waals surface area contributed by atoms with Crippen LogP contribution in [0.2, 0.25) is 0 Å². The molecule has 0 aliphatic rings. The number of pyridine rings is 2. The Bertz CT molecular complexity index is 667. The third-order valence-corrected chi connectivity index (χ3v) is 2.40. The van der Waals surface area contributed by atoms with E-state index in [4.69, 9.17) is 0 Å².